The molecule has 0 radical (unpaired) electrons. The third-order valence-corrected chi connectivity index (χ3v) is 2.86. The Bertz CT molecular complexity index is 179. The van der Waals surface area contributed by atoms with Crippen LogP contribution in [0, 0.1) is 12.3 Å². The van der Waals surface area contributed by atoms with E-state index < -0.39 is 0 Å². The molecular weight excluding hydrogens is 186 g/mol. The summed E-state index contributed by atoms with van der Waals surface area (Å²) in [5.74, 6) is 2.65. The number of unbranched alkanes of at least 4 members (excludes halogenated alkanes) is 2. The molecule has 1 aliphatic rings. The van der Waals surface area contributed by atoms with Crippen LogP contribution in [0.3, 0.4) is 0 Å². The summed E-state index contributed by atoms with van der Waals surface area (Å²) in [5, 5.41) is 0. The summed E-state index contributed by atoms with van der Waals surface area (Å²) in [5.41, 5.74) is 0. The van der Waals surface area contributed by atoms with Crippen molar-refractivity contribution in [3.63, 3.8) is 0 Å². The van der Waals surface area contributed by atoms with Gasteiger partial charge in [0.25, 0.3) is 0 Å². The third-order valence-electron chi connectivity index (χ3n) is 2.86. The zero-order chi connectivity index (χ0) is 10.8. The van der Waals surface area contributed by atoms with Crippen LogP contribution in [-0.4, -0.2) is 37.7 Å². The maximum Gasteiger partial charge on any atom is 0.0593 e. The fourth-order valence-corrected chi connectivity index (χ4v) is 1.91. The minimum Gasteiger partial charge on any atom is -0.380 e. The summed E-state index contributed by atoms with van der Waals surface area (Å²) in [6.45, 7) is 5.39. The Kier molecular flexibility index (Phi) is 7.33. The van der Waals surface area contributed by atoms with E-state index >= 15 is 0 Å². The van der Waals surface area contributed by atoms with Gasteiger partial charge in [-0.25, -0.2) is 0 Å². The lowest BCUT2D eigenvalue weighted by molar-refractivity contribution is 0.0943. The summed E-state index contributed by atoms with van der Waals surface area (Å²) in [6.07, 6.45) is 12.4. The van der Waals surface area contributed by atoms with Gasteiger partial charge in [-0.3, -0.25) is 0 Å². The van der Waals surface area contributed by atoms with E-state index in [1.807, 2.05) is 0 Å². The van der Waals surface area contributed by atoms with E-state index in [1.165, 1.54) is 32.4 Å². The number of hydrogen-bond acceptors (Lipinski definition) is 2. The Hall–Kier alpha value is -0.520. The molecule has 1 fully saturated rings. The van der Waals surface area contributed by atoms with Crippen molar-refractivity contribution in [2.24, 2.45) is 0 Å². The minimum atomic E-state index is 0.871. The van der Waals surface area contributed by atoms with Crippen LogP contribution in [0.1, 0.15) is 38.5 Å². The molecule has 0 N–H and O–H groups in total. The van der Waals surface area contributed by atoms with Crippen molar-refractivity contribution in [2.45, 2.75) is 38.5 Å². The number of ether oxygens (including phenoxy) is 1. The molecule has 15 heavy (non-hydrogen) atoms. The van der Waals surface area contributed by atoms with E-state index in [-0.39, 0.29) is 0 Å². The second-order valence-corrected chi connectivity index (χ2v) is 4.18. The highest BCUT2D eigenvalue weighted by Gasteiger charge is 2.08. The van der Waals surface area contributed by atoms with Crippen molar-refractivity contribution in [3.8, 4) is 12.3 Å². The molecule has 0 aromatic rings. The molecule has 1 aliphatic heterocycles. The van der Waals surface area contributed by atoms with Gasteiger partial charge in [0, 0.05) is 19.6 Å². The predicted octanol–water partition coefficient (Wildman–Crippen LogP) is 2.29. The number of likely N-dealkylation sites (tertiary alicyclic amines) is 1. The topological polar surface area (TPSA) is 12.5 Å². The van der Waals surface area contributed by atoms with Crippen LogP contribution in [0.5, 0.6) is 0 Å². The molecule has 1 rings (SSSR count). The van der Waals surface area contributed by atoms with Crippen LogP contribution in [0.15, 0.2) is 0 Å². The van der Waals surface area contributed by atoms with Crippen molar-refractivity contribution in [3.05, 3.63) is 0 Å². The normalized spacial score (nSPS) is 17.5. The number of rotatable bonds is 7. The van der Waals surface area contributed by atoms with Gasteiger partial charge in [-0.15, -0.1) is 12.3 Å². The van der Waals surface area contributed by atoms with Crippen molar-refractivity contribution in [1.29, 1.82) is 0 Å². The largest absolute Gasteiger partial charge is 0.380 e. The summed E-state index contributed by atoms with van der Waals surface area (Å²) >= 11 is 0. The molecule has 0 saturated carbocycles. The summed E-state index contributed by atoms with van der Waals surface area (Å²) in [4.78, 5) is 2.50. The summed E-state index contributed by atoms with van der Waals surface area (Å²) in [6, 6.07) is 0. The standard InChI is InChI=1S/C13H23NO/c1-2-3-4-8-12-15-13-11-14-9-6-5-7-10-14/h1H,3-13H2. The van der Waals surface area contributed by atoms with E-state index in [0.717, 1.165) is 39.0 Å². The highest BCUT2D eigenvalue weighted by Crippen LogP contribution is 2.07. The van der Waals surface area contributed by atoms with Gasteiger partial charge in [-0.1, -0.05) is 6.42 Å². The maximum atomic E-state index is 5.57. The van der Waals surface area contributed by atoms with Gasteiger partial charge in [0.15, 0.2) is 0 Å². The summed E-state index contributed by atoms with van der Waals surface area (Å²) in [7, 11) is 0. The molecule has 1 heterocycles. The Morgan fingerprint density at radius 3 is 2.60 bits per heavy atom. The molecule has 0 atom stereocenters. The molecule has 0 amide bonds. The van der Waals surface area contributed by atoms with Gasteiger partial charge in [-0.2, -0.15) is 0 Å². The molecule has 0 aromatic heterocycles. The van der Waals surface area contributed by atoms with Gasteiger partial charge in [0.1, 0.15) is 0 Å². The Morgan fingerprint density at radius 2 is 1.87 bits per heavy atom. The first-order valence-electron chi connectivity index (χ1n) is 6.17. The van der Waals surface area contributed by atoms with E-state index in [1.54, 1.807) is 0 Å². The van der Waals surface area contributed by atoms with Crippen LogP contribution < -0.4 is 0 Å². The molecule has 0 bridgehead atoms. The lowest BCUT2D eigenvalue weighted by Crippen LogP contribution is -2.32. The van der Waals surface area contributed by atoms with Crippen LogP contribution in [-0.2, 0) is 4.74 Å². The smallest absolute Gasteiger partial charge is 0.0593 e. The fourth-order valence-electron chi connectivity index (χ4n) is 1.91. The highest BCUT2D eigenvalue weighted by molar-refractivity contribution is 4.82. The lowest BCUT2D eigenvalue weighted by Gasteiger charge is -2.26. The zero-order valence-electron chi connectivity index (χ0n) is 9.71. The molecule has 0 aromatic carbocycles. The first-order valence-corrected chi connectivity index (χ1v) is 6.17. The van der Waals surface area contributed by atoms with E-state index in [2.05, 4.69) is 10.8 Å². The quantitative estimate of drug-likeness (QED) is 0.471. The van der Waals surface area contributed by atoms with Crippen molar-refractivity contribution >= 4 is 0 Å². The van der Waals surface area contributed by atoms with Gasteiger partial charge in [0.05, 0.1) is 6.61 Å². The lowest BCUT2D eigenvalue weighted by atomic mass is 10.1. The van der Waals surface area contributed by atoms with Gasteiger partial charge >= 0.3 is 0 Å². The van der Waals surface area contributed by atoms with Crippen LogP contribution >= 0.6 is 0 Å². The number of terminal acetylenes is 1. The van der Waals surface area contributed by atoms with Crippen molar-refractivity contribution < 1.29 is 4.74 Å². The number of hydrogen-bond donors (Lipinski definition) is 0. The number of nitrogens with zero attached hydrogens (tertiary/aromatic N) is 1. The van der Waals surface area contributed by atoms with Crippen molar-refractivity contribution in [2.75, 3.05) is 32.8 Å². The van der Waals surface area contributed by atoms with Crippen molar-refractivity contribution in [1.82, 2.24) is 4.90 Å². The average molecular weight is 209 g/mol. The fraction of sp³-hybridized carbons (Fsp3) is 0.846. The third kappa shape index (κ3) is 6.54. The van der Waals surface area contributed by atoms with Gasteiger partial charge in [-0.05, 0) is 38.8 Å². The zero-order valence-corrected chi connectivity index (χ0v) is 9.71. The molecule has 2 nitrogen and oxygen atoms in total. The Labute approximate surface area is 94.0 Å². The van der Waals surface area contributed by atoms with Gasteiger partial charge < -0.3 is 9.64 Å². The maximum absolute atomic E-state index is 5.57. The number of piperidine rings is 1. The Balaban J connectivity index is 1.82. The molecule has 0 unspecified atom stereocenters. The van der Waals surface area contributed by atoms with Crippen LogP contribution in [0.25, 0.3) is 0 Å². The van der Waals surface area contributed by atoms with E-state index in [9.17, 15) is 0 Å². The molecule has 86 valence electrons. The van der Waals surface area contributed by atoms with Crippen LogP contribution in [0.4, 0.5) is 0 Å². The minimum absolute atomic E-state index is 0.871. The summed E-state index contributed by atoms with van der Waals surface area (Å²) < 4.78 is 5.57. The predicted molar refractivity (Wildman–Crippen MR) is 63.8 cm³/mol. The first-order chi connectivity index (χ1) is 7.43. The molecule has 2 heteroatoms. The molecule has 0 spiro atoms. The second-order valence-electron chi connectivity index (χ2n) is 4.18. The monoisotopic (exact) mass is 209 g/mol. The molecule has 0 aliphatic carbocycles. The van der Waals surface area contributed by atoms with E-state index in [0.29, 0.717) is 0 Å². The second kappa shape index (κ2) is 8.76. The highest BCUT2D eigenvalue weighted by atomic mass is 16.5. The van der Waals surface area contributed by atoms with E-state index in [4.69, 9.17) is 11.2 Å². The molecular formula is C13H23NO. The first kappa shape index (κ1) is 12.5. The molecule has 1 saturated heterocycles. The van der Waals surface area contributed by atoms with Crippen LogP contribution in [0.2, 0.25) is 0 Å². The average Bonchev–Trinajstić information content (AvgIpc) is 2.29. The SMILES string of the molecule is C#CCCCCOCCN1CCCCC1. The van der Waals surface area contributed by atoms with Gasteiger partial charge in [0.2, 0.25) is 0 Å². The Morgan fingerprint density at radius 1 is 1.07 bits per heavy atom.